The summed E-state index contributed by atoms with van der Waals surface area (Å²) in [5.74, 6) is 0.589. The zero-order valence-electron chi connectivity index (χ0n) is 17.5. The van der Waals surface area contributed by atoms with E-state index in [1.807, 2.05) is 48.5 Å². The van der Waals surface area contributed by atoms with Gasteiger partial charge in [0.1, 0.15) is 11.1 Å². The van der Waals surface area contributed by atoms with Gasteiger partial charge in [-0.1, -0.05) is 30.3 Å². The molecule has 1 fully saturated rings. The smallest absolute Gasteiger partial charge is 0.252 e. The Morgan fingerprint density at radius 1 is 1.14 bits per heavy atom. The molecule has 3 heterocycles. The fourth-order valence-corrected chi connectivity index (χ4v) is 4.24. The Labute approximate surface area is 169 Å². The van der Waals surface area contributed by atoms with Crippen LogP contribution >= 0.6 is 0 Å². The van der Waals surface area contributed by atoms with E-state index in [4.69, 9.17) is 10.5 Å². The van der Waals surface area contributed by atoms with Crippen molar-refractivity contribution in [2.24, 2.45) is 7.05 Å². The Morgan fingerprint density at radius 3 is 2.62 bits per heavy atom. The molecule has 0 bridgehead atoms. The SMILES string of the molecule is [2H]c1c(N2CCC(OC)(c3nc4ccccc4o3)CC2)c2ccccc2n(C)c1=O. The fraction of sp³-hybridized carbons (Fsp3) is 0.304. The van der Waals surface area contributed by atoms with Crippen molar-refractivity contribution in [2.75, 3.05) is 25.1 Å². The van der Waals surface area contributed by atoms with E-state index in [9.17, 15) is 4.79 Å². The lowest BCUT2D eigenvalue weighted by atomic mass is 9.90. The molecule has 0 N–H and O–H groups in total. The molecule has 0 saturated carbocycles. The van der Waals surface area contributed by atoms with Gasteiger partial charge in [0.2, 0.25) is 5.89 Å². The number of methoxy groups -OCH3 is 1. The van der Waals surface area contributed by atoms with Crippen LogP contribution in [-0.2, 0) is 17.4 Å². The number of oxazole rings is 1. The van der Waals surface area contributed by atoms with Crippen LogP contribution in [0.25, 0.3) is 22.0 Å². The summed E-state index contributed by atoms with van der Waals surface area (Å²) in [7, 11) is 3.40. The quantitative estimate of drug-likeness (QED) is 0.532. The van der Waals surface area contributed by atoms with Gasteiger partial charge in [-0.2, -0.15) is 0 Å². The van der Waals surface area contributed by atoms with Crippen molar-refractivity contribution in [1.82, 2.24) is 9.55 Å². The predicted molar refractivity (Wildman–Crippen MR) is 113 cm³/mol. The number of ether oxygens (including phenoxy) is 1. The molecule has 1 aliphatic heterocycles. The maximum absolute atomic E-state index is 12.6. The summed E-state index contributed by atoms with van der Waals surface area (Å²) in [6.45, 7) is 1.27. The minimum absolute atomic E-state index is 0.0305. The summed E-state index contributed by atoms with van der Waals surface area (Å²) in [5.41, 5.74) is 2.18. The van der Waals surface area contributed by atoms with E-state index in [1.54, 1.807) is 18.7 Å². The van der Waals surface area contributed by atoms with Crippen molar-refractivity contribution in [3.8, 4) is 0 Å². The maximum atomic E-state index is 12.6. The molecule has 1 aliphatic rings. The normalized spacial score (nSPS) is 17.0. The number of aryl methyl sites for hydroxylation is 1. The fourth-order valence-electron chi connectivity index (χ4n) is 4.24. The van der Waals surface area contributed by atoms with Gasteiger partial charge in [-0.15, -0.1) is 0 Å². The highest BCUT2D eigenvalue weighted by molar-refractivity contribution is 5.92. The van der Waals surface area contributed by atoms with Crippen molar-refractivity contribution in [3.63, 3.8) is 0 Å². The van der Waals surface area contributed by atoms with Gasteiger partial charge in [-0.25, -0.2) is 4.98 Å². The van der Waals surface area contributed by atoms with Crippen molar-refractivity contribution in [1.29, 1.82) is 0 Å². The minimum atomic E-state index is -0.618. The van der Waals surface area contributed by atoms with Gasteiger partial charge in [-0.05, 0) is 18.2 Å². The van der Waals surface area contributed by atoms with Crippen LogP contribution in [0.4, 0.5) is 5.69 Å². The molecule has 6 nitrogen and oxygen atoms in total. The number of piperidine rings is 1. The zero-order chi connectivity index (χ0) is 20.9. The number of hydrogen-bond acceptors (Lipinski definition) is 5. The summed E-state index contributed by atoms with van der Waals surface area (Å²) in [6.07, 6.45) is 1.30. The number of benzene rings is 2. The molecule has 0 radical (unpaired) electrons. The number of pyridine rings is 1. The van der Waals surface area contributed by atoms with Crippen molar-refractivity contribution in [2.45, 2.75) is 18.4 Å². The molecule has 0 unspecified atom stereocenters. The Kier molecular flexibility index (Phi) is 3.90. The molecule has 0 aliphatic carbocycles. The van der Waals surface area contributed by atoms with Crippen LogP contribution < -0.4 is 10.5 Å². The Hall–Kier alpha value is -3.12. The van der Waals surface area contributed by atoms with Crippen LogP contribution in [0, 0.1) is 0 Å². The van der Waals surface area contributed by atoms with Crippen LogP contribution in [0.1, 0.15) is 20.1 Å². The summed E-state index contributed by atoms with van der Waals surface area (Å²) in [4.78, 5) is 19.4. The lowest BCUT2D eigenvalue weighted by Gasteiger charge is -2.40. The number of fused-ring (bicyclic) bond motifs is 2. The van der Waals surface area contributed by atoms with E-state index in [0.717, 1.165) is 22.0 Å². The molecular weight excluding hydrogens is 366 g/mol. The summed E-state index contributed by atoms with van der Waals surface area (Å²) in [5, 5.41) is 0.913. The van der Waals surface area contributed by atoms with Gasteiger partial charge in [-0.3, -0.25) is 4.79 Å². The second kappa shape index (κ2) is 6.74. The lowest BCUT2D eigenvalue weighted by molar-refractivity contribution is -0.0539. The third-order valence-corrected chi connectivity index (χ3v) is 6.01. The monoisotopic (exact) mass is 390 g/mol. The third-order valence-electron chi connectivity index (χ3n) is 6.01. The molecule has 2 aromatic carbocycles. The predicted octanol–water partition coefficient (Wildman–Crippen LogP) is 3.82. The average Bonchev–Trinajstić information content (AvgIpc) is 3.23. The van der Waals surface area contributed by atoms with Crippen molar-refractivity contribution >= 4 is 27.7 Å². The minimum Gasteiger partial charge on any atom is -0.438 e. The van der Waals surface area contributed by atoms with Crippen molar-refractivity contribution < 1.29 is 10.5 Å². The first-order chi connectivity index (χ1) is 14.5. The van der Waals surface area contributed by atoms with E-state index in [2.05, 4.69) is 9.88 Å². The molecule has 6 heteroatoms. The number of para-hydroxylation sites is 3. The van der Waals surface area contributed by atoms with E-state index < -0.39 is 5.60 Å². The first kappa shape index (κ1) is 16.8. The number of rotatable bonds is 3. The summed E-state index contributed by atoms with van der Waals surface area (Å²) < 4.78 is 22.0. The van der Waals surface area contributed by atoms with Crippen LogP contribution in [0.5, 0.6) is 0 Å². The number of nitrogens with zero attached hydrogens (tertiary/aromatic N) is 3. The Balaban J connectivity index is 1.52. The Bertz CT molecular complexity index is 1270. The van der Waals surface area contributed by atoms with Gasteiger partial charge in [0, 0.05) is 51.5 Å². The number of hydrogen-bond donors (Lipinski definition) is 0. The van der Waals surface area contributed by atoms with Gasteiger partial charge >= 0.3 is 0 Å². The molecule has 29 heavy (non-hydrogen) atoms. The molecule has 0 spiro atoms. The molecule has 2 aromatic heterocycles. The second-order valence-corrected chi connectivity index (χ2v) is 7.53. The summed E-state index contributed by atoms with van der Waals surface area (Å²) >= 11 is 0. The number of aromatic nitrogens is 2. The van der Waals surface area contributed by atoms with E-state index >= 15 is 0 Å². The van der Waals surface area contributed by atoms with Gasteiger partial charge < -0.3 is 18.6 Å². The van der Waals surface area contributed by atoms with Crippen LogP contribution in [0.15, 0.2) is 63.8 Å². The average molecular weight is 390 g/mol. The molecule has 5 rings (SSSR count). The largest absolute Gasteiger partial charge is 0.438 e. The molecular formula is C23H23N3O3. The topological polar surface area (TPSA) is 60.5 Å². The van der Waals surface area contributed by atoms with E-state index in [1.165, 1.54) is 0 Å². The number of anilines is 1. The molecule has 4 aromatic rings. The lowest BCUT2D eigenvalue weighted by Crippen LogP contribution is -2.44. The Morgan fingerprint density at radius 2 is 1.86 bits per heavy atom. The van der Waals surface area contributed by atoms with Gasteiger partial charge in [0.15, 0.2) is 5.58 Å². The van der Waals surface area contributed by atoms with Gasteiger partial charge in [0.25, 0.3) is 5.56 Å². The first-order valence-corrected chi connectivity index (χ1v) is 9.78. The first-order valence-electron chi connectivity index (χ1n) is 10.3. The molecule has 148 valence electrons. The highest BCUT2D eigenvalue weighted by Crippen LogP contribution is 2.39. The zero-order valence-corrected chi connectivity index (χ0v) is 16.5. The van der Waals surface area contributed by atoms with Crippen LogP contribution in [0.3, 0.4) is 0 Å². The van der Waals surface area contributed by atoms with E-state index in [-0.39, 0.29) is 11.6 Å². The van der Waals surface area contributed by atoms with E-state index in [0.29, 0.717) is 37.5 Å². The molecule has 0 amide bonds. The van der Waals surface area contributed by atoms with Gasteiger partial charge in [0.05, 0.1) is 12.6 Å². The van der Waals surface area contributed by atoms with Crippen molar-refractivity contribution in [3.05, 3.63) is 70.8 Å². The highest BCUT2D eigenvalue weighted by atomic mass is 16.5. The standard InChI is InChI=1S/C23H23N3O3/c1-25-18-9-5-3-7-16(18)19(15-21(25)27)26-13-11-23(28-2,12-14-26)22-24-17-8-4-6-10-20(17)29-22/h3-10,15H,11-14H2,1-2H3/i15D. The maximum Gasteiger partial charge on any atom is 0.252 e. The molecule has 1 saturated heterocycles. The summed E-state index contributed by atoms with van der Waals surface area (Å²) in [6, 6.07) is 15.5. The van der Waals surface area contributed by atoms with Crippen LogP contribution in [-0.4, -0.2) is 29.8 Å². The third kappa shape index (κ3) is 2.83. The van der Waals surface area contributed by atoms with Crippen LogP contribution in [0.2, 0.25) is 0 Å². The molecule has 0 atom stereocenters. The second-order valence-electron chi connectivity index (χ2n) is 7.53. The highest BCUT2D eigenvalue weighted by Gasteiger charge is 2.41.